The van der Waals surface area contributed by atoms with Crippen molar-refractivity contribution in [2.75, 3.05) is 99.7 Å². The number of methoxy groups -OCH3 is 1. The Balaban J connectivity index is 0. The molecule has 0 saturated carbocycles. The van der Waals surface area contributed by atoms with Gasteiger partial charge in [-0.3, -0.25) is 34.3 Å². The number of hydrogen-bond acceptors (Lipinski definition) is 10. The molecule has 5 rings (SSSR count). The van der Waals surface area contributed by atoms with Gasteiger partial charge in [-0.1, -0.05) is 13.8 Å². The second-order valence-corrected chi connectivity index (χ2v) is 29.0. The van der Waals surface area contributed by atoms with Gasteiger partial charge in [-0.2, -0.15) is 13.2 Å². The molecule has 0 aromatic rings. The smallest absolute Gasteiger partial charge is 0.390 e. The Labute approximate surface area is 433 Å². The summed E-state index contributed by atoms with van der Waals surface area (Å²) in [5.74, 6) is -0.380. The van der Waals surface area contributed by atoms with E-state index in [1.807, 2.05) is 18.9 Å². The number of likely N-dealkylation sites (tertiary alicyclic amines) is 5. The van der Waals surface area contributed by atoms with Crippen molar-refractivity contribution < 1.29 is 41.3 Å². The minimum atomic E-state index is -4.10. The molecule has 10 nitrogen and oxygen atoms in total. The van der Waals surface area contributed by atoms with Crippen molar-refractivity contribution in [2.24, 2.45) is 11.3 Å². The molecule has 5 aliphatic heterocycles. The van der Waals surface area contributed by atoms with Crippen LogP contribution in [0.1, 0.15) is 173 Å². The zero-order valence-corrected chi connectivity index (χ0v) is 51.1. The molecule has 5 heterocycles. The first-order valence-corrected chi connectivity index (χ1v) is 26.1. The van der Waals surface area contributed by atoms with Gasteiger partial charge in [0.2, 0.25) is 6.43 Å². The zero-order chi connectivity index (χ0) is 57.1. The highest BCUT2D eigenvalue weighted by Gasteiger charge is 2.42. The first kappa shape index (κ1) is 72.3. The average molecular weight is 1040 g/mol. The molecule has 0 aliphatic carbocycles. The lowest BCUT2D eigenvalue weighted by Gasteiger charge is -2.52. The van der Waals surface area contributed by atoms with Crippen molar-refractivity contribution in [2.45, 2.75) is 248 Å². The van der Waals surface area contributed by atoms with Crippen LogP contribution in [0.25, 0.3) is 0 Å². The maximum atomic E-state index is 12.4. The summed E-state index contributed by atoms with van der Waals surface area (Å²) in [6.07, 6.45) is -6.54. The van der Waals surface area contributed by atoms with Crippen LogP contribution in [-0.4, -0.2) is 220 Å². The van der Waals surface area contributed by atoms with Gasteiger partial charge < -0.3 is 14.9 Å². The van der Waals surface area contributed by atoms with Gasteiger partial charge in [-0.15, -0.1) is 0 Å². The van der Waals surface area contributed by atoms with Crippen molar-refractivity contribution in [1.29, 1.82) is 0 Å². The van der Waals surface area contributed by atoms with Gasteiger partial charge in [0.15, 0.2) is 0 Å². The molecule has 0 radical (unpaired) electrons. The third-order valence-corrected chi connectivity index (χ3v) is 13.6. The van der Waals surface area contributed by atoms with Crippen molar-refractivity contribution in [3.8, 4) is 0 Å². The third-order valence-electron chi connectivity index (χ3n) is 13.6. The molecule has 0 amide bonds. The Hall–Kier alpha value is -0.820. The molecule has 2 N–H and O–H groups in total. The Morgan fingerprint density at radius 3 is 1.00 bits per heavy atom. The van der Waals surface area contributed by atoms with Crippen LogP contribution in [0.3, 0.4) is 0 Å². The first-order valence-electron chi connectivity index (χ1n) is 26.1. The number of aliphatic hydroxyl groups excluding tert-OH is 1. The molecule has 71 heavy (non-hydrogen) atoms. The molecule has 0 aromatic heterocycles. The molecule has 0 spiro atoms. The fourth-order valence-corrected chi connectivity index (χ4v) is 7.23. The van der Waals surface area contributed by atoms with E-state index in [4.69, 9.17) is 9.84 Å². The Morgan fingerprint density at radius 1 is 0.535 bits per heavy atom. The molecule has 5 aliphatic rings. The van der Waals surface area contributed by atoms with Gasteiger partial charge in [-0.05, 0) is 179 Å². The highest BCUT2D eigenvalue weighted by molar-refractivity contribution is 4.97. The SMILES string of the molecule is CC(C)(C)N1CC(C(F)F)C1.CC(C)(C)N1CC(O)C1.CC(F)CN(C)C(C)(C)C.CC1(C)CN(C(C)(C)C)C1.CC1(O)CN(C(C)(C)C)C1.CN(CC(F)(F)F)C(C)(C)C.COC1CN(C(C)(C)C)C1. The van der Waals surface area contributed by atoms with Crippen molar-refractivity contribution in [1.82, 2.24) is 34.3 Å². The van der Waals surface area contributed by atoms with Crippen LogP contribution in [0.5, 0.6) is 0 Å². The summed E-state index contributed by atoms with van der Waals surface area (Å²) in [7, 11) is 5.19. The van der Waals surface area contributed by atoms with Gasteiger partial charge in [-0.25, -0.2) is 13.2 Å². The molecular weight excluding hydrogens is 921 g/mol. The fraction of sp³-hybridized carbons (Fsp3) is 1.00. The highest BCUT2D eigenvalue weighted by Crippen LogP contribution is 2.34. The predicted octanol–water partition coefficient (Wildman–Crippen LogP) is 10.9. The molecule has 0 aromatic carbocycles. The van der Waals surface area contributed by atoms with Crippen molar-refractivity contribution in [3.05, 3.63) is 0 Å². The van der Waals surface area contributed by atoms with Crippen molar-refractivity contribution in [3.63, 3.8) is 0 Å². The van der Waals surface area contributed by atoms with Crippen LogP contribution >= 0.6 is 0 Å². The summed E-state index contributed by atoms with van der Waals surface area (Å²) in [5.41, 5.74) is 1.06. The maximum Gasteiger partial charge on any atom is 0.401 e. The van der Waals surface area contributed by atoms with E-state index in [2.05, 4.69) is 163 Å². The van der Waals surface area contributed by atoms with E-state index in [1.165, 1.54) is 25.0 Å². The number of aliphatic hydroxyl groups is 2. The van der Waals surface area contributed by atoms with Crippen LogP contribution in [0, 0.1) is 11.3 Å². The topological polar surface area (TPSA) is 72.4 Å². The standard InChI is InChI=1S/C9H19N.C8H15F2N.C8H18FN.2C8H17NO.C7H14F3N.C7H15NO/c1-8(2,3)10-6-9(4,5)7-10;1-8(2,3)11-4-6(5-11)7(9)10;1-7(9)6-10(5)8(2,3)4;1-8(2,3)9-5-7(6-9)10-4;1-7(2,3)9-5-8(4,10)6-9;1-6(2,3)11(4)5-7(8,9)10;1-7(2,3)8-4-6(9)5-8/h6-7H2,1-5H3;6-7H,4-5H2,1-3H3;7H,6H2,1-5H3;7H,5-6H2,1-4H3;10H,5-6H2,1-4H3;5H2,1-4H3;6,9H,4-5H2,1-3H3. The number of β-amino-alcohol motifs (C(OH)–C–C–N with tert-alkyl or cyclic N) is 2. The number of halogens is 6. The molecule has 1 atom stereocenters. The van der Waals surface area contributed by atoms with Gasteiger partial charge in [0.1, 0.15) is 6.17 Å². The lowest BCUT2D eigenvalue weighted by molar-refractivity contribution is -0.152. The molecule has 0 bridgehead atoms. The second-order valence-electron chi connectivity index (χ2n) is 29.0. The molecule has 5 fully saturated rings. The van der Waals surface area contributed by atoms with E-state index in [0.717, 1.165) is 39.3 Å². The minimum absolute atomic E-state index is 0.0609. The largest absolute Gasteiger partial charge is 0.401 e. The van der Waals surface area contributed by atoms with Gasteiger partial charge in [0, 0.05) is 124 Å². The summed E-state index contributed by atoms with van der Waals surface area (Å²) in [5, 5.41) is 18.3. The Bertz CT molecular complexity index is 1380. The van der Waals surface area contributed by atoms with Crippen LogP contribution < -0.4 is 0 Å². The van der Waals surface area contributed by atoms with Crippen LogP contribution in [-0.2, 0) is 4.74 Å². The highest BCUT2D eigenvalue weighted by atomic mass is 19.4. The summed E-state index contributed by atoms with van der Waals surface area (Å²) in [4.78, 5) is 14.8. The van der Waals surface area contributed by atoms with Crippen LogP contribution in [0.2, 0.25) is 0 Å². The van der Waals surface area contributed by atoms with E-state index in [0.29, 0.717) is 42.2 Å². The van der Waals surface area contributed by atoms with Gasteiger partial charge in [0.05, 0.1) is 24.4 Å². The van der Waals surface area contributed by atoms with Gasteiger partial charge >= 0.3 is 6.18 Å². The molecule has 430 valence electrons. The summed E-state index contributed by atoms with van der Waals surface area (Å²) < 4.78 is 77.0. The van der Waals surface area contributed by atoms with Crippen molar-refractivity contribution >= 4 is 0 Å². The third kappa shape index (κ3) is 31.1. The fourth-order valence-electron chi connectivity index (χ4n) is 7.23. The minimum Gasteiger partial charge on any atom is -0.390 e. The van der Waals surface area contributed by atoms with E-state index < -0.39 is 36.5 Å². The lowest BCUT2D eigenvalue weighted by atomic mass is 9.81. The number of rotatable bonds is 5. The maximum absolute atomic E-state index is 12.4. The molecular formula is C55H115F6N7O3. The number of nitrogens with zero attached hydrogens (tertiary/aromatic N) is 7. The first-order chi connectivity index (χ1) is 31.0. The molecule has 1 unspecified atom stereocenters. The average Bonchev–Trinajstić information content (AvgIpc) is 3.00. The summed E-state index contributed by atoms with van der Waals surface area (Å²) in [6, 6.07) is 0. The van der Waals surface area contributed by atoms with Crippen LogP contribution in [0.4, 0.5) is 26.3 Å². The Morgan fingerprint density at radius 2 is 0.845 bits per heavy atom. The van der Waals surface area contributed by atoms with E-state index in [1.54, 1.807) is 34.8 Å². The summed E-state index contributed by atoms with van der Waals surface area (Å²) in [6.45, 7) is 61.1. The van der Waals surface area contributed by atoms with Crippen LogP contribution in [0.15, 0.2) is 0 Å². The van der Waals surface area contributed by atoms with E-state index in [-0.39, 0.29) is 34.2 Å². The van der Waals surface area contributed by atoms with Gasteiger partial charge in [0.25, 0.3) is 0 Å². The monoisotopic (exact) mass is 1040 g/mol. The quantitative estimate of drug-likeness (QED) is 0.260. The number of hydrogen-bond donors (Lipinski definition) is 2. The Kier molecular flexibility index (Phi) is 28.0. The predicted molar refractivity (Wildman–Crippen MR) is 289 cm³/mol. The lowest BCUT2D eigenvalue weighted by Crippen LogP contribution is -2.65. The number of alkyl halides is 6. The molecule has 16 heteroatoms. The normalized spacial score (nSPS) is 21.5. The zero-order valence-electron chi connectivity index (χ0n) is 51.1. The van der Waals surface area contributed by atoms with E-state index in [9.17, 15) is 31.4 Å². The molecule has 5 saturated heterocycles. The number of ether oxygens (including phenoxy) is 1. The second kappa shape index (κ2) is 27.5. The van der Waals surface area contributed by atoms with E-state index >= 15 is 0 Å². The summed E-state index contributed by atoms with van der Waals surface area (Å²) >= 11 is 0.